The second-order valence-corrected chi connectivity index (χ2v) is 5.20. The van der Waals surface area contributed by atoms with E-state index < -0.39 is 5.54 Å². The number of anilines is 1. The highest BCUT2D eigenvalue weighted by molar-refractivity contribution is 5.55. The molecule has 0 spiro atoms. The third kappa shape index (κ3) is 2.08. The zero-order valence-corrected chi connectivity index (χ0v) is 11.3. The number of benzene rings is 2. The van der Waals surface area contributed by atoms with E-state index in [-0.39, 0.29) is 12.4 Å². The average molecular weight is 271 g/mol. The van der Waals surface area contributed by atoms with Gasteiger partial charge in [0.05, 0.1) is 6.61 Å². The molecule has 1 aliphatic heterocycles. The fourth-order valence-corrected chi connectivity index (χ4v) is 2.49. The van der Waals surface area contributed by atoms with Crippen molar-refractivity contribution in [1.29, 1.82) is 0 Å². The number of rotatable bonds is 3. The number of hydrogen-bond donors (Lipinski definition) is 3. The van der Waals surface area contributed by atoms with Crippen molar-refractivity contribution >= 4 is 5.69 Å². The third-order valence-corrected chi connectivity index (χ3v) is 3.66. The first-order chi connectivity index (χ1) is 9.63. The van der Waals surface area contributed by atoms with E-state index in [4.69, 9.17) is 4.74 Å². The maximum absolute atomic E-state index is 9.84. The van der Waals surface area contributed by atoms with Gasteiger partial charge < -0.3 is 20.3 Å². The van der Waals surface area contributed by atoms with Gasteiger partial charge in [0.2, 0.25) is 0 Å². The summed E-state index contributed by atoms with van der Waals surface area (Å²) in [6.07, 6.45) is 0. The predicted octanol–water partition coefficient (Wildman–Crippen LogP) is 2.39. The highest BCUT2D eigenvalue weighted by Crippen LogP contribution is 2.40. The summed E-state index contributed by atoms with van der Waals surface area (Å²) in [6.45, 7) is 2.27. The SMILES string of the molecule is Cc1ccc(NC2(CO)COc3cc(O)ccc32)cc1. The van der Waals surface area contributed by atoms with Crippen LogP contribution in [0.3, 0.4) is 0 Å². The molecule has 0 bridgehead atoms. The minimum Gasteiger partial charge on any atom is -0.508 e. The summed E-state index contributed by atoms with van der Waals surface area (Å²) in [5.41, 5.74) is 2.30. The molecular weight excluding hydrogens is 254 g/mol. The van der Waals surface area contributed by atoms with Crippen molar-refractivity contribution in [3.8, 4) is 11.5 Å². The average Bonchev–Trinajstić information content (AvgIpc) is 2.80. The summed E-state index contributed by atoms with van der Waals surface area (Å²) < 4.78 is 5.60. The summed E-state index contributed by atoms with van der Waals surface area (Å²) in [5, 5.41) is 22.7. The normalized spacial score (nSPS) is 20.3. The molecule has 0 amide bonds. The summed E-state index contributed by atoms with van der Waals surface area (Å²) in [5.74, 6) is 0.770. The molecule has 0 saturated carbocycles. The van der Waals surface area contributed by atoms with Crippen LogP contribution in [-0.4, -0.2) is 23.4 Å². The molecule has 0 aliphatic carbocycles. The standard InChI is InChI=1S/C16H17NO3/c1-11-2-4-12(5-3-11)17-16(9-18)10-20-15-8-13(19)6-7-14(15)16/h2-8,17-19H,9-10H2,1H3. The van der Waals surface area contributed by atoms with Gasteiger partial charge in [0.1, 0.15) is 23.6 Å². The van der Waals surface area contributed by atoms with Crippen molar-refractivity contribution in [3.63, 3.8) is 0 Å². The number of aromatic hydroxyl groups is 1. The van der Waals surface area contributed by atoms with Gasteiger partial charge in [-0.25, -0.2) is 0 Å². The molecule has 3 rings (SSSR count). The van der Waals surface area contributed by atoms with E-state index >= 15 is 0 Å². The van der Waals surface area contributed by atoms with E-state index in [0.717, 1.165) is 11.3 Å². The van der Waals surface area contributed by atoms with Gasteiger partial charge in [0.15, 0.2) is 0 Å². The van der Waals surface area contributed by atoms with Gasteiger partial charge in [0, 0.05) is 17.3 Å². The first-order valence-corrected chi connectivity index (χ1v) is 6.55. The summed E-state index contributed by atoms with van der Waals surface area (Å²) in [4.78, 5) is 0. The molecule has 20 heavy (non-hydrogen) atoms. The van der Waals surface area contributed by atoms with Crippen molar-refractivity contribution in [2.45, 2.75) is 12.5 Å². The Labute approximate surface area is 117 Å². The van der Waals surface area contributed by atoms with Crippen LogP contribution in [0, 0.1) is 6.92 Å². The van der Waals surface area contributed by atoms with Crippen LogP contribution in [0.2, 0.25) is 0 Å². The van der Waals surface area contributed by atoms with Crippen LogP contribution in [0.1, 0.15) is 11.1 Å². The van der Waals surface area contributed by atoms with E-state index in [0.29, 0.717) is 12.4 Å². The van der Waals surface area contributed by atoms with Gasteiger partial charge in [-0.05, 0) is 31.2 Å². The fourth-order valence-electron chi connectivity index (χ4n) is 2.49. The Hall–Kier alpha value is -2.20. The topological polar surface area (TPSA) is 61.7 Å². The fraction of sp³-hybridized carbons (Fsp3) is 0.250. The molecule has 0 fully saturated rings. The number of aliphatic hydroxyl groups is 1. The zero-order valence-electron chi connectivity index (χ0n) is 11.3. The summed E-state index contributed by atoms with van der Waals surface area (Å²) in [7, 11) is 0. The number of aryl methyl sites for hydroxylation is 1. The molecule has 0 aromatic heterocycles. The molecule has 1 atom stereocenters. The van der Waals surface area contributed by atoms with Crippen molar-refractivity contribution in [2.24, 2.45) is 0 Å². The number of nitrogens with one attached hydrogen (secondary N) is 1. The Balaban J connectivity index is 1.96. The van der Waals surface area contributed by atoms with E-state index in [2.05, 4.69) is 5.32 Å². The summed E-state index contributed by atoms with van der Waals surface area (Å²) >= 11 is 0. The lowest BCUT2D eigenvalue weighted by Crippen LogP contribution is -2.40. The van der Waals surface area contributed by atoms with Crippen LogP contribution >= 0.6 is 0 Å². The van der Waals surface area contributed by atoms with Crippen LogP contribution in [-0.2, 0) is 5.54 Å². The lowest BCUT2D eigenvalue weighted by atomic mass is 9.92. The molecule has 4 nitrogen and oxygen atoms in total. The second-order valence-electron chi connectivity index (χ2n) is 5.20. The summed E-state index contributed by atoms with van der Waals surface area (Å²) in [6, 6.07) is 12.9. The van der Waals surface area contributed by atoms with Crippen molar-refractivity contribution in [1.82, 2.24) is 0 Å². The minimum atomic E-state index is -0.668. The van der Waals surface area contributed by atoms with Crippen molar-refractivity contribution < 1.29 is 14.9 Å². The van der Waals surface area contributed by atoms with Crippen molar-refractivity contribution in [2.75, 3.05) is 18.5 Å². The van der Waals surface area contributed by atoms with E-state index in [1.807, 2.05) is 31.2 Å². The Morgan fingerprint density at radius 2 is 1.95 bits per heavy atom. The molecule has 1 aliphatic rings. The van der Waals surface area contributed by atoms with Crippen LogP contribution in [0.5, 0.6) is 11.5 Å². The Morgan fingerprint density at radius 3 is 2.65 bits per heavy atom. The third-order valence-electron chi connectivity index (χ3n) is 3.66. The highest BCUT2D eigenvalue weighted by atomic mass is 16.5. The second kappa shape index (κ2) is 4.72. The highest BCUT2D eigenvalue weighted by Gasteiger charge is 2.40. The maximum atomic E-state index is 9.84. The number of hydrogen-bond acceptors (Lipinski definition) is 4. The largest absolute Gasteiger partial charge is 0.508 e. The number of fused-ring (bicyclic) bond motifs is 1. The van der Waals surface area contributed by atoms with Crippen LogP contribution in [0.4, 0.5) is 5.69 Å². The molecule has 3 N–H and O–H groups in total. The van der Waals surface area contributed by atoms with Gasteiger partial charge in [-0.15, -0.1) is 0 Å². The predicted molar refractivity (Wildman–Crippen MR) is 77.2 cm³/mol. The quantitative estimate of drug-likeness (QED) is 0.802. The molecular formula is C16H17NO3. The number of phenolic OH excluding ortho intramolecular Hbond substituents is 1. The van der Waals surface area contributed by atoms with E-state index in [1.54, 1.807) is 18.2 Å². The van der Waals surface area contributed by atoms with E-state index in [9.17, 15) is 10.2 Å². The molecule has 1 unspecified atom stereocenters. The molecule has 4 heteroatoms. The molecule has 0 saturated heterocycles. The Kier molecular flexibility index (Phi) is 3.03. The lowest BCUT2D eigenvalue weighted by molar-refractivity contribution is 0.177. The Bertz CT molecular complexity index is 624. The van der Waals surface area contributed by atoms with Gasteiger partial charge in [-0.2, -0.15) is 0 Å². The molecule has 104 valence electrons. The lowest BCUT2D eigenvalue weighted by Gasteiger charge is -2.28. The number of phenols is 1. The van der Waals surface area contributed by atoms with Gasteiger partial charge in [-0.1, -0.05) is 17.7 Å². The molecule has 0 radical (unpaired) electrons. The van der Waals surface area contributed by atoms with Gasteiger partial charge in [0.25, 0.3) is 0 Å². The number of ether oxygens (including phenoxy) is 1. The molecule has 1 heterocycles. The minimum absolute atomic E-state index is 0.0847. The maximum Gasteiger partial charge on any atom is 0.128 e. The van der Waals surface area contributed by atoms with Gasteiger partial charge in [-0.3, -0.25) is 0 Å². The zero-order chi connectivity index (χ0) is 14.2. The smallest absolute Gasteiger partial charge is 0.128 e. The molecule has 2 aromatic rings. The van der Waals surface area contributed by atoms with E-state index in [1.165, 1.54) is 5.56 Å². The monoisotopic (exact) mass is 271 g/mol. The first kappa shape index (κ1) is 12.8. The Morgan fingerprint density at radius 1 is 1.20 bits per heavy atom. The first-order valence-electron chi connectivity index (χ1n) is 6.55. The number of aliphatic hydroxyl groups excluding tert-OH is 1. The van der Waals surface area contributed by atoms with Crippen LogP contribution in [0.15, 0.2) is 42.5 Å². The van der Waals surface area contributed by atoms with Crippen LogP contribution in [0.25, 0.3) is 0 Å². The van der Waals surface area contributed by atoms with Gasteiger partial charge >= 0.3 is 0 Å². The van der Waals surface area contributed by atoms with Crippen LogP contribution < -0.4 is 10.1 Å². The molecule has 2 aromatic carbocycles. The van der Waals surface area contributed by atoms with Crippen molar-refractivity contribution in [3.05, 3.63) is 53.6 Å².